The fourth-order valence-corrected chi connectivity index (χ4v) is 4.76. The van der Waals surface area contributed by atoms with Crippen LogP contribution in [0.25, 0.3) is 0 Å². The first kappa shape index (κ1) is 12.2. The van der Waals surface area contributed by atoms with Crippen LogP contribution >= 0.6 is 11.3 Å². The summed E-state index contributed by atoms with van der Waals surface area (Å²) in [5.41, 5.74) is 2.28. The average molecular weight is 236 g/mol. The Labute approximate surface area is 104 Å². The molecule has 2 aliphatic carbocycles. The van der Waals surface area contributed by atoms with Gasteiger partial charge in [-0.15, -0.1) is 11.3 Å². The highest BCUT2D eigenvalue weighted by Gasteiger charge is 2.55. The largest absolute Gasteiger partial charge is 0.149 e. The van der Waals surface area contributed by atoms with Gasteiger partial charge >= 0.3 is 0 Å². The van der Waals surface area contributed by atoms with Crippen molar-refractivity contribution in [3.63, 3.8) is 0 Å². The quantitative estimate of drug-likeness (QED) is 0.676. The molecule has 0 spiro atoms. The van der Waals surface area contributed by atoms with Crippen molar-refractivity contribution in [2.45, 2.75) is 58.8 Å². The summed E-state index contributed by atoms with van der Waals surface area (Å²) in [6, 6.07) is 2.40. The first-order valence-corrected chi connectivity index (χ1v) is 7.76. The van der Waals surface area contributed by atoms with Gasteiger partial charge in [-0.25, -0.2) is 0 Å². The van der Waals surface area contributed by atoms with E-state index in [2.05, 4.69) is 25.3 Å². The van der Waals surface area contributed by atoms with E-state index in [-0.39, 0.29) is 0 Å². The van der Waals surface area contributed by atoms with Crippen LogP contribution in [0.5, 0.6) is 0 Å². The Hall–Kier alpha value is -0.300. The molecule has 1 aromatic heterocycles. The molecular formula is C15H24S. The van der Waals surface area contributed by atoms with Crippen LogP contribution in [0, 0.1) is 11.8 Å². The van der Waals surface area contributed by atoms with Crippen LogP contribution in [0.2, 0.25) is 0 Å². The molecule has 0 aliphatic heterocycles. The molecule has 3 rings (SSSR count). The van der Waals surface area contributed by atoms with E-state index in [1.165, 1.54) is 25.7 Å². The Morgan fingerprint density at radius 2 is 2.00 bits per heavy atom. The van der Waals surface area contributed by atoms with E-state index in [0.717, 1.165) is 11.8 Å². The summed E-state index contributed by atoms with van der Waals surface area (Å²) >= 11 is 1.99. The molecule has 0 saturated heterocycles. The van der Waals surface area contributed by atoms with Gasteiger partial charge in [0.1, 0.15) is 0 Å². The van der Waals surface area contributed by atoms with E-state index >= 15 is 0 Å². The van der Waals surface area contributed by atoms with Crippen molar-refractivity contribution < 1.29 is 0 Å². The first-order valence-electron chi connectivity index (χ1n) is 6.88. The molecule has 16 heavy (non-hydrogen) atoms. The van der Waals surface area contributed by atoms with Gasteiger partial charge in [0, 0.05) is 4.88 Å². The van der Waals surface area contributed by atoms with Gasteiger partial charge in [-0.1, -0.05) is 27.7 Å². The van der Waals surface area contributed by atoms with Gasteiger partial charge in [-0.3, -0.25) is 0 Å². The Bertz CT molecular complexity index is 346. The van der Waals surface area contributed by atoms with Crippen LogP contribution in [0.3, 0.4) is 0 Å². The van der Waals surface area contributed by atoms with Crippen LogP contribution in [0.1, 0.15) is 57.4 Å². The summed E-state index contributed by atoms with van der Waals surface area (Å²) in [5.74, 6) is 2.07. The van der Waals surface area contributed by atoms with Crippen molar-refractivity contribution in [3.8, 4) is 0 Å². The lowest BCUT2D eigenvalue weighted by Crippen LogP contribution is -2.31. The Kier molecular flexibility index (Phi) is 3.44. The fourth-order valence-electron chi connectivity index (χ4n) is 3.69. The van der Waals surface area contributed by atoms with Crippen molar-refractivity contribution in [1.82, 2.24) is 0 Å². The smallest absolute Gasteiger partial charge is 0.00858 e. The first-order chi connectivity index (χ1) is 7.81. The van der Waals surface area contributed by atoms with Crippen molar-refractivity contribution >= 4 is 11.3 Å². The molecule has 0 bridgehead atoms. The molecular weight excluding hydrogens is 212 g/mol. The molecule has 0 nitrogen and oxygen atoms in total. The van der Waals surface area contributed by atoms with Crippen LogP contribution in [0.4, 0.5) is 0 Å². The van der Waals surface area contributed by atoms with E-state index in [9.17, 15) is 0 Å². The molecule has 90 valence electrons. The monoisotopic (exact) mass is 236 g/mol. The average Bonchev–Trinajstić information content (AvgIpc) is 2.96. The minimum atomic E-state index is 0.568. The predicted octanol–water partition coefficient (Wildman–Crippen LogP) is 5.02. The minimum Gasteiger partial charge on any atom is -0.149 e. The maximum Gasteiger partial charge on any atom is 0.00858 e. The van der Waals surface area contributed by atoms with E-state index in [4.69, 9.17) is 0 Å². The fraction of sp³-hybridized carbons (Fsp3) is 0.733. The molecule has 1 heteroatoms. The maximum absolute atomic E-state index is 2.40. The second-order valence-corrected chi connectivity index (χ2v) is 5.93. The van der Waals surface area contributed by atoms with Gasteiger partial charge in [0.05, 0.1) is 0 Å². The zero-order valence-electron chi connectivity index (χ0n) is 11.0. The van der Waals surface area contributed by atoms with Crippen molar-refractivity contribution in [1.29, 1.82) is 0 Å². The molecule has 1 heterocycles. The second kappa shape index (κ2) is 4.52. The van der Waals surface area contributed by atoms with Gasteiger partial charge in [-0.2, -0.15) is 0 Å². The summed E-state index contributed by atoms with van der Waals surface area (Å²) in [5, 5.41) is 2.30. The Balaban J connectivity index is 0.000000457. The van der Waals surface area contributed by atoms with Crippen LogP contribution in [-0.4, -0.2) is 0 Å². The number of hydrogen-bond acceptors (Lipinski definition) is 1. The number of fused-ring (bicyclic) bond motifs is 2. The lowest BCUT2D eigenvalue weighted by atomic mass is 9.68. The van der Waals surface area contributed by atoms with Crippen molar-refractivity contribution in [2.24, 2.45) is 11.8 Å². The van der Waals surface area contributed by atoms with Crippen molar-refractivity contribution in [2.75, 3.05) is 0 Å². The van der Waals surface area contributed by atoms with Gasteiger partial charge in [0.15, 0.2) is 0 Å². The third-order valence-electron chi connectivity index (χ3n) is 4.62. The predicted molar refractivity (Wildman–Crippen MR) is 73.2 cm³/mol. The normalized spacial score (nSPS) is 28.5. The molecule has 0 aromatic carbocycles. The minimum absolute atomic E-state index is 0.568. The van der Waals surface area contributed by atoms with Gasteiger partial charge in [0.25, 0.3) is 0 Å². The number of hydrogen-bond donors (Lipinski definition) is 0. The highest BCUT2D eigenvalue weighted by atomic mass is 32.1. The Morgan fingerprint density at radius 1 is 1.31 bits per heavy atom. The zero-order chi connectivity index (χ0) is 11.8. The molecule has 0 N–H and O–H groups in total. The molecule has 1 saturated carbocycles. The Morgan fingerprint density at radius 3 is 2.62 bits per heavy atom. The SMILES string of the molecule is CC.CCC1(CC)c2ccsc2CC2CC21. The molecule has 0 amide bonds. The van der Waals surface area contributed by atoms with E-state index < -0.39 is 0 Å². The maximum atomic E-state index is 2.40. The standard InChI is InChI=1S/C13H18S.C2H6/c1-3-13(4-2)10-5-6-14-12(10)8-9-7-11(9)13;1-2/h5-6,9,11H,3-4,7-8H2,1-2H3;1-2H3. The molecule has 2 unspecified atom stereocenters. The lowest BCUT2D eigenvalue weighted by molar-refractivity contribution is 0.309. The zero-order valence-corrected chi connectivity index (χ0v) is 11.9. The summed E-state index contributed by atoms with van der Waals surface area (Å²) in [6.45, 7) is 8.76. The summed E-state index contributed by atoms with van der Waals surface area (Å²) in [6.07, 6.45) is 5.57. The molecule has 2 atom stereocenters. The van der Waals surface area contributed by atoms with Crippen LogP contribution in [-0.2, 0) is 11.8 Å². The summed E-state index contributed by atoms with van der Waals surface area (Å²) in [4.78, 5) is 1.70. The van der Waals surface area contributed by atoms with Gasteiger partial charge < -0.3 is 0 Å². The van der Waals surface area contributed by atoms with Gasteiger partial charge in [-0.05, 0) is 59.9 Å². The molecule has 1 fully saturated rings. The third kappa shape index (κ3) is 1.55. The highest BCUT2D eigenvalue weighted by Crippen LogP contribution is 2.61. The molecule has 1 aromatic rings. The van der Waals surface area contributed by atoms with Gasteiger partial charge in [0.2, 0.25) is 0 Å². The summed E-state index contributed by atoms with van der Waals surface area (Å²) in [7, 11) is 0. The number of rotatable bonds is 2. The third-order valence-corrected chi connectivity index (χ3v) is 5.57. The molecule has 2 aliphatic rings. The topological polar surface area (TPSA) is 0 Å². The van der Waals surface area contributed by atoms with E-state index in [0.29, 0.717) is 5.41 Å². The lowest BCUT2D eigenvalue weighted by Gasteiger charge is -2.36. The van der Waals surface area contributed by atoms with E-state index in [1.54, 1.807) is 10.4 Å². The highest BCUT2D eigenvalue weighted by molar-refractivity contribution is 7.10. The second-order valence-electron chi connectivity index (χ2n) is 4.93. The summed E-state index contributed by atoms with van der Waals surface area (Å²) < 4.78 is 0. The van der Waals surface area contributed by atoms with E-state index in [1.807, 2.05) is 25.2 Å². The molecule has 0 radical (unpaired) electrons. The van der Waals surface area contributed by atoms with Crippen molar-refractivity contribution in [3.05, 3.63) is 21.9 Å². The van der Waals surface area contributed by atoms with Crippen LogP contribution < -0.4 is 0 Å². The number of thiophene rings is 1. The van der Waals surface area contributed by atoms with Crippen LogP contribution in [0.15, 0.2) is 11.4 Å².